The van der Waals surface area contributed by atoms with Crippen LogP contribution >= 0.6 is 0 Å². The normalized spacial score (nSPS) is 22.9. The van der Waals surface area contributed by atoms with E-state index in [2.05, 4.69) is 13.0 Å². The van der Waals surface area contributed by atoms with Crippen LogP contribution in [-0.4, -0.2) is 25.9 Å². The van der Waals surface area contributed by atoms with Gasteiger partial charge in [-0.15, -0.1) is 0 Å². The van der Waals surface area contributed by atoms with E-state index in [9.17, 15) is 0 Å². The molecule has 1 heterocycles. The standard InChI is InChI=1S/C13H18O3/c1-4-10-5-6-11(12(7-10)14-3)15-8-13(2)9-16-13/h5-7H,4,8-9H2,1-3H3. The molecule has 0 saturated carbocycles. The van der Waals surface area contributed by atoms with Crippen LogP contribution in [0.2, 0.25) is 0 Å². The summed E-state index contributed by atoms with van der Waals surface area (Å²) in [5.74, 6) is 1.58. The van der Waals surface area contributed by atoms with Gasteiger partial charge in [0.1, 0.15) is 12.2 Å². The van der Waals surface area contributed by atoms with Gasteiger partial charge in [-0.25, -0.2) is 0 Å². The van der Waals surface area contributed by atoms with Crippen LogP contribution in [0.1, 0.15) is 19.4 Å². The first kappa shape index (κ1) is 11.3. The Morgan fingerprint density at radius 3 is 2.69 bits per heavy atom. The predicted octanol–water partition coefficient (Wildman–Crippen LogP) is 2.43. The highest BCUT2D eigenvalue weighted by atomic mass is 16.6. The maximum absolute atomic E-state index is 5.70. The fourth-order valence-electron chi connectivity index (χ4n) is 1.49. The second kappa shape index (κ2) is 4.34. The Hall–Kier alpha value is -1.22. The molecule has 3 heteroatoms. The Morgan fingerprint density at radius 1 is 1.38 bits per heavy atom. The van der Waals surface area contributed by atoms with Gasteiger partial charge in [0, 0.05) is 0 Å². The molecule has 0 spiro atoms. The monoisotopic (exact) mass is 222 g/mol. The SMILES string of the molecule is CCc1ccc(OCC2(C)CO2)c(OC)c1. The van der Waals surface area contributed by atoms with E-state index in [0.29, 0.717) is 6.61 Å². The van der Waals surface area contributed by atoms with E-state index in [1.807, 2.05) is 19.1 Å². The van der Waals surface area contributed by atoms with Crippen molar-refractivity contribution in [3.05, 3.63) is 23.8 Å². The Kier molecular flexibility index (Phi) is 3.06. The van der Waals surface area contributed by atoms with Crippen molar-refractivity contribution < 1.29 is 14.2 Å². The molecule has 16 heavy (non-hydrogen) atoms. The van der Waals surface area contributed by atoms with Gasteiger partial charge >= 0.3 is 0 Å². The smallest absolute Gasteiger partial charge is 0.161 e. The summed E-state index contributed by atoms with van der Waals surface area (Å²) < 4.78 is 16.3. The minimum Gasteiger partial charge on any atom is -0.493 e. The molecule has 0 aliphatic carbocycles. The van der Waals surface area contributed by atoms with Crippen molar-refractivity contribution in [1.29, 1.82) is 0 Å². The highest BCUT2D eigenvalue weighted by molar-refractivity contribution is 5.43. The van der Waals surface area contributed by atoms with E-state index in [0.717, 1.165) is 24.5 Å². The zero-order valence-electron chi connectivity index (χ0n) is 10.1. The lowest BCUT2D eigenvalue weighted by molar-refractivity contribution is 0.197. The second-order valence-electron chi connectivity index (χ2n) is 4.37. The van der Waals surface area contributed by atoms with Gasteiger partial charge in [0.25, 0.3) is 0 Å². The lowest BCUT2D eigenvalue weighted by atomic mass is 10.1. The fourth-order valence-corrected chi connectivity index (χ4v) is 1.49. The summed E-state index contributed by atoms with van der Waals surface area (Å²) in [6, 6.07) is 6.04. The first-order chi connectivity index (χ1) is 7.67. The van der Waals surface area contributed by atoms with Crippen molar-refractivity contribution in [2.24, 2.45) is 0 Å². The maximum atomic E-state index is 5.70. The molecule has 88 valence electrons. The molecule has 1 unspecified atom stereocenters. The highest BCUT2D eigenvalue weighted by Gasteiger charge is 2.40. The molecule has 0 aromatic heterocycles. The van der Waals surface area contributed by atoms with Gasteiger partial charge in [0.15, 0.2) is 11.5 Å². The van der Waals surface area contributed by atoms with E-state index in [-0.39, 0.29) is 5.60 Å². The van der Waals surface area contributed by atoms with Crippen molar-refractivity contribution in [3.63, 3.8) is 0 Å². The Balaban J connectivity index is 2.07. The summed E-state index contributed by atoms with van der Waals surface area (Å²) in [7, 11) is 1.66. The molecule has 1 atom stereocenters. The largest absolute Gasteiger partial charge is 0.493 e. The van der Waals surface area contributed by atoms with Crippen LogP contribution in [0.3, 0.4) is 0 Å². The maximum Gasteiger partial charge on any atom is 0.161 e. The summed E-state index contributed by atoms with van der Waals surface area (Å²) in [4.78, 5) is 0. The third kappa shape index (κ3) is 2.47. The molecule has 0 radical (unpaired) electrons. The van der Waals surface area contributed by atoms with Gasteiger partial charge in [0.05, 0.1) is 13.7 Å². The lowest BCUT2D eigenvalue weighted by Crippen LogP contribution is -2.17. The number of hydrogen-bond donors (Lipinski definition) is 0. The van der Waals surface area contributed by atoms with Crippen LogP contribution in [0, 0.1) is 0 Å². The average Bonchev–Trinajstić information content (AvgIpc) is 3.05. The Labute approximate surface area is 96.3 Å². The molecule has 1 aromatic rings. The predicted molar refractivity (Wildman–Crippen MR) is 62.2 cm³/mol. The van der Waals surface area contributed by atoms with Crippen molar-refractivity contribution >= 4 is 0 Å². The van der Waals surface area contributed by atoms with Crippen molar-refractivity contribution in [2.45, 2.75) is 25.9 Å². The molecule has 3 nitrogen and oxygen atoms in total. The lowest BCUT2D eigenvalue weighted by Gasteiger charge is -2.13. The molecule has 1 aromatic carbocycles. The topological polar surface area (TPSA) is 31.0 Å². The number of hydrogen-bond acceptors (Lipinski definition) is 3. The number of aryl methyl sites for hydroxylation is 1. The number of ether oxygens (including phenoxy) is 3. The first-order valence-corrected chi connectivity index (χ1v) is 5.60. The molecule has 1 aliphatic rings. The molecule has 0 bridgehead atoms. The third-order valence-electron chi connectivity index (χ3n) is 2.81. The number of benzene rings is 1. The molecule has 1 fully saturated rings. The minimum absolute atomic E-state index is 0.0889. The zero-order valence-corrected chi connectivity index (χ0v) is 10.1. The van der Waals surface area contributed by atoms with Gasteiger partial charge in [-0.2, -0.15) is 0 Å². The average molecular weight is 222 g/mol. The van der Waals surface area contributed by atoms with E-state index < -0.39 is 0 Å². The first-order valence-electron chi connectivity index (χ1n) is 5.60. The van der Waals surface area contributed by atoms with Gasteiger partial charge < -0.3 is 14.2 Å². The minimum atomic E-state index is -0.0889. The zero-order chi connectivity index (χ0) is 11.6. The van der Waals surface area contributed by atoms with Crippen LogP contribution < -0.4 is 9.47 Å². The molecular formula is C13H18O3. The highest BCUT2D eigenvalue weighted by Crippen LogP contribution is 2.32. The second-order valence-corrected chi connectivity index (χ2v) is 4.37. The molecule has 1 saturated heterocycles. The molecule has 0 amide bonds. The van der Waals surface area contributed by atoms with E-state index in [1.165, 1.54) is 5.56 Å². The van der Waals surface area contributed by atoms with Crippen LogP contribution in [0.25, 0.3) is 0 Å². The number of methoxy groups -OCH3 is 1. The van der Waals surface area contributed by atoms with Crippen LogP contribution in [-0.2, 0) is 11.2 Å². The van der Waals surface area contributed by atoms with Crippen LogP contribution in [0.15, 0.2) is 18.2 Å². The van der Waals surface area contributed by atoms with Gasteiger partial charge in [-0.05, 0) is 31.0 Å². The van der Waals surface area contributed by atoms with E-state index >= 15 is 0 Å². The molecular weight excluding hydrogens is 204 g/mol. The van der Waals surface area contributed by atoms with Gasteiger partial charge in [-0.1, -0.05) is 13.0 Å². The third-order valence-corrected chi connectivity index (χ3v) is 2.81. The number of rotatable bonds is 5. The quantitative estimate of drug-likeness (QED) is 0.717. The number of epoxide rings is 1. The summed E-state index contributed by atoms with van der Waals surface area (Å²) >= 11 is 0. The summed E-state index contributed by atoms with van der Waals surface area (Å²) in [6.45, 7) is 5.52. The molecule has 2 rings (SSSR count). The molecule has 1 aliphatic heterocycles. The van der Waals surface area contributed by atoms with Crippen molar-refractivity contribution in [1.82, 2.24) is 0 Å². The van der Waals surface area contributed by atoms with Crippen molar-refractivity contribution in [3.8, 4) is 11.5 Å². The van der Waals surface area contributed by atoms with E-state index in [4.69, 9.17) is 14.2 Å². The van der Waals surface area contributed by atoms with Gasteiger partial charge in [-0.3, -0.25) is 0 Å². The molecule has 0 N–H and O–H groups in total. The summed E-state index contributed by atoms with van der Waals surface area (Å²) in [6.07, 6.45) is 0.997. The fraction of sp³-hybridized carbons (Fsp3) is 0.538. The van der Waals surface area contributed by atoms with Crippen LogP contribution in [0.4, 0.5) is 0 Å². The van der Waals surface area contributed by atoms with E-state index in [1.54, 1.807) is 7.11 Å². The Morgan fingerprint density at radius 2 is 2.12 bits per heavy atom. The van der Waals surface area contributed by atoms with Crippen LogP contribution in [0.5, 0.6) is 11.5 Å². The van der Waals surface area contributed by atoms with Gasteiger partial charge in [0.2, 0.25) is 0 Å². The summed E-state index contributed by atoms with van der Waals surface area (Å²) in [5.41, 5.74) is 1.16. The Bertz CT molecular complexity index is 369. The van der Waals surface area contributed by atoms with Crippen molar-refractivity contribution in [2.75, 3.05) is 20.3 Å². The summed E-state index contributed by atoms with van der Waals surface area (Å²) in [5, 5.41) is 0.